The molecular weight excluding hydrogens is 348 g/mol. The van der Waals surface area contributed by atoms with Crippen molar-refractivity contribution < 1.29 is 4.79 Å². The minimum Gasteiger partial charge on any atom is -0.304 e. The van der Waals surface area contributed by atoms with Gasteiger partial charge in [-0.3, -0.25) is 9.78 Å². The molecule has 1 aromatic heterocycles. The van der Waals surface area contributed by atoms with E-state index in [-0.39, 0.29) is 11.3 Å². The summed E-state index contributed by atoms with van der Waals surface area (Å²) in [6, 6.07) is 19.7. The van der Waals surface area contributed by atoms with Crippen molar-refractivity contribution in [3.63, 3.8) is 0 Å². The monoisotopic (exact) mass is 370 g/mol. The lowest BCUT2D eigenvalue weighted by atomic mass is 9.82. The quantitative estimate of drug-likeness (QED) is 0.683. The first kappa shape index (κ1) is 18.1. The van der Waals surface area contributed by atoms with Gasteiger partial charge in [-0.15, -0.1) is 0 Å². The van der Waals surface area contributed by atoms with Crippen LogP contribution in [0.1, 0.15) is 40.9 Å². The maximum atomic E-state index is 11.7. The van der Waals surface area contributed by atoms with Crippen LogP contribution in [-0.2, 0) is 12.0 Å². The van der Waals surface area contributed by atoms with Gasteiger partial charge in [0.15, 0.2) is 5.78 Å². The van der Waals surface area contributed by atoms with E-state index < -0.39 is 0 Å². The van der Waals surface area contributed by atoms with E-state index in [0.29, 0.717) is 5.56 Å². The van der Waals surface area contributed by atoms with Crippen molar-refractivity contribution in [3.05, 3.63) is 95.3 Å². The lowest BCUT2D eigenvalue weighted by Crippen LogP contribution is -2.56. The van der Waals surface area contributed by atoms with Gasteiger partial charge in [0.2, 0.25) is 0 Å². The number of carbonyl (C=O) groups excluding carboxylic acids is 1. The number of Topliss-reactive ketones (excluding diaryl/α,β-unsaturated/α-hetero) is 1. The first-order valence-corrected chi connectivity index (χ1v) is 9.27. The van der Waals surface area contributed by atoms with Crippen LogP contribution >= 0.6 is 0 Å². The molecule has 1 atom stereocenters. The Morgan fingerprint density at radius 2 is 1.86 bits per heavy atom. The van der Waals surface area contributed by atoms with E-state index in [1.54, 1.807) is 13.0 Å². The van der Waals surface area contributed by atoms with Crippen LogP contribution < -0.4 is 10.9 Å². The second-order valence-electron chi connectivity index (χ2n) is 7.23. The normalized spacial score (nSPS) is 19.7. The first-order valence-electron chi connectivity index (χ1n) is 9.27. The Kier molecular flexibility index (Phi) is 4.75. The molecule has 0 radical (unpaired) electrons. The van der Waals surface area contributed by atoms with E-state index in [0.717, 1.165) is 23.5 Å². The number of rotatable bonds is 4. The van der Waals surface area contributed by atoms with Gasteiger partial charge >= 0.3 is 0 Å². The van der Waals surface area contributed by atoms with Gasteiger partial charge in [0.05, 0.1) is 11.2 Å². The van der Waals surface area contributed by atoms with E-state index in [1.807, 2.05) is 54.9 Å². The van der Waals surface area contributed by atoms with Crippen molar-refractivity contribution in [3.8, 4) is 0 Å². The van der Waals surface area contributed by atoms with Crippen LogP contribution in [0.25, 0.3) is 0 Å². The van der Waals surface area contributed by atoms with Crippen LogP contribution in [0.3, 0.4) is 0 Å². The molecule has 0 fully saturated rings. The molecule has 1 unspecified atom stereocenters. The number of fused-ring (bicyclic) bond motifs is 1. The predicted molar refractivity (Wildman–Crippen MR) is 111 cm³/mol. The van der Waals surface area contributed by atoms with E-state index in [4.69, 9.17) is 4.99 Å². The molecule has 1 aliphatic heterocycles. The average molecular weight is 370 g/mol. The SMILES string of the molecule is CC(=O)c1cccc(N=C2NNC(C)(Cc3ccncc3)c3ccccc32)c1. The van der Waals surface area contributed by atoms with Crippen molar-refractivity contribution in [2.75, 3.05) is 0 Å². The molecule has 5 heteroatoms. The third-order valence-electron chi connectivity index (χ3n) is 5.03. The van der Waals surface area contributed by atoms with Gasteiger partial charge in [-0.1, -0.05) is 36.4 Å². The van der Waals surface area contributed by atoms with Crippen LogP contribution in [0, 0.1) is 0 Å². The predicted octanol–water partition coefficient (Wildman–Crippen LogP) is 3.93. The standard InChI is InChI=1S/C23H22N4O/c1-16(28)18-6-5-7-19(14-18)25-22-20-8-3-4-9-21(20)23(2,27-26-22)15-17-10-12-24-13-11-17/h3-14,27H,15H2,1-2H3,(H,25,26). The molecule has 2 heterocycles. The summed E-state index contributed by atoms with van der Waals surface area (Å²) in [6.07, 6.45) is 4.44. The molecule has 2 N–H and O–H groups in total. The number of nitrogens with zero attached hydrogens (tertiary/aromatic N) is 2. The molecule has 28 heavy (non-hydrogen) atoms. The summed E-state index contributed by atoms with van der Waals surface area (Å²) in [6.45, 7) is 3.74. The number of ketones is 1. The number of hydrogen-bond donors (Lipinski definition) is 2. The lowest BCUT2D eigenvalue weighted by molar-refractivity contribution is 0.101. The molecule has 0 aliphatic carbocycles. The lowest BCUT2D eigenvalue weighted by Gasteiger charge is -2.38. The highest BCUT2D eigenvalue weighted by Crippen LogP contribution is 2.31. The Hall–Kier alpha value is -3.31. The van der Waals surface area contributed by atoms with Crippen LogP contribution in [0.4, 0.5) is 5.69 Å². The Morgan fingerprint density at radius 1 is 1.07 bits per heavy atom. The maximum Gasteiger partial charge on any atom is 0.159 e. The summed E-state index contributed by atoms with van der Waals surface area (Å²) in [4.78, 5) is 20.5. The smallest absolute Gasteiger partial charge is 0.159 e. The molecule has 1 aliphatic rings. The van der Waals surface area contributed by atoms with E-state index in [9.17, 15) is 4.79 Å². The highest BCUT2D eigenvalue weighted by atomic mass is 16.1. The summed E-state index contributed by atoms with van der Waals surface area (Å²) < 4.78 is 0. The molecular formula is C23H22N4O. The molecule has 4 rings (SSSR count). The minimum atomic E-state index is -0.293. The molecule has 2 aromatic carbocycles. The van der Waals surface area contributed by atoms with E-state index in [1.165, 1.54) is 11.1 Å². The Bertz CT molecular complexity index is 1050. The number of amidine groups is 1. The minimum absolute atomic E-state index is 0.0297. The van der Waals surface area contributed by atoms with Crippen molar-refractivity contribution in [2.24, 2.45) is 4.99 Å². The number of hydrazine groups is 1. The molecule has 140 valence electrons. The van der Waals surface area contributed by atoms with Gasteiger partial charge < -0.3 is 5.43 Å². The first-order chi connectivity index (χ1) is 13.5. The maximum absolute atomic E-state index is 11.7. The topological polar surface area (TPSA) is 66.4 Å². The average Bonchev–Trinajstić information content (AvgIpc) is 2.71. The third-order valence-corrected chi connectivity index (χ3v) is 5.03. The molecule has 3 aromatic rings. The number of hydrogen-bond acceptors (Lipinski definition) is 4. The molecule has 0 saturated heterocycles. The van der Waals surface area contributed by atoms with Gasteiger partial charge in [-0.05, 0) is 55.7 Å². The molecule has 0 saturated carbocycles. The van der Waals surface area contributed by atoms with Gasteiger partial charge in [0.25, 0.3) is 0 Å². The summed E-state index contributed by atoms with van der Waals surface area (Å²) in [5.41, 5.74) is 11.2. The summed E-state index contributed by atoms with van der Waals surface area (Å²) in [5, 5.41) is 0. The van der Waals surface area contributed by atoms with Crippen LogP contribution in [-0.4, -0.2) is 16.6 Å². The Morgan fingerprint density at radius 3 is 2.64 bits per heavy atom. The number of pyridine rings is 1. The number of carbonyl (C=O) groups is 1. The van der Waals surface area contributed by atoms with Crippen LogP contribution in [0.15, 0.2) is 78.0 Å². The Balaban J connectivity index is 1.72. The molecule has 0 spiro atoms. The van der Waals surface area contributed by atoms with Crippen LogP contribution in [0.5, 0.6) is 0 Å². The number of nitrogens with one attached hydrogen (secondary N) is 2. The number of aliphatic imine (C=N–C) groups is 1. The second-order valence-corrected chi connectivity index (χ2v) is 7.23. The van der Waals surface area contributed by atoms with Crippen molar-refractivity contribution in [2.45, 2.75) is 25.8 Å². The van der Waals surface area contributed by atoms with E-state index in [2.05, 4.69) is 34.9 Å². The Labute approximate surface area is 164 Å². The van der Waals surface area contributed by atoms with Crippen molar-refractivity contribution in [1.82, 2.24) is 15.8 Å². The summed E-state index contributed by atoms with van der Waals surface area (Å²) in [5.74, 6) is 0.769. The third kappa shape index (κ3) is 3.57. The molecule has 0 bridgehead atoms. The zero-order chi connectivity index (χ0) is 19.6. The molecule has 5 nitrogen and oxygen atoms in total. The zero-order valence-electron chi connectivity index (χ0n) is 15.9. The fourth-order valence-corrected chi connectivity index (χ4v) is 3.56. The van der Waals surface area contributed by atoms with Gasteiger partial charge in [-0.2, -0.15) is 0 Å². The van der Waals surface area contributed by atoms with Gasteiger partial charge in [0, 0.05) is 23.5 Å². The van der Waals surface area contributed by atoms with Gasteiger partial charge in [0.1, 0.15) is 5.84 Å². The van der Waals surface area contributed by atoms with Crippen molar-refractivity contribution >= 4 is 17.3 Å². The van der Waals surface area contributed by atoms with Crippen molar-refractivity contribution in [1.29, 1.82) is 0 Å². The van der Waals surface area contributed by atoms with Crippen LogP contribution in [0.2, 0.25) is 0 Å². The zero-order valence-corrected chi connectivity index (χ0v) is 15.9. The summed E-state index contributed by atoms with van der Waals surface area (Å²) in [7, 11) is 0. The largest absolute Gasteiger partial charge is 0.304 e. The highest BCUT2D eigenvalue weighted by molar-refractivity contribution is 6.03. The highest BCUT2D eigenvalue weighted by Gasteiger charge is 2.34. The number of benzene rings is 2. The van der Waals surface area contributed by atoms with Gasteiger partial charge in [-0.25, -0.2) is 10.4 Å². The number of aromatic nitrogens is 1. The van der Waals surface area contributed by atoms with E-state index >= 15 is 0 Å². The molecule has 0 amide bonds. The fraction of sp³-hybridized carbons (Fsp3) is 0.174. The second kappa shape index (κ2) is 7.37. The summed E-state index contributed by atoms with van der Waals surface area (Å²) >= 11 is 0. The fourth-order valence-electron chi connectivity index (χ4n) is 3.56.